The van der Waals surface area contributed by atoms with Gasteiger partial charge in [-0.3, -0.25) is 4.98 Å². The summed E-state index contributed by atoms with van der Waals surface area (Å²) in [5, 5.41) is 8.20. The Morgan fingerprint density at radius 3 is 2.02 bits per heavy atom. The first-order valence-electron chi connectivity index (χ1n) is 17.9. The van der Waals surface area contributed by atoms with Crippen LogP contribution in [0.3, 0.4) is 0 Å². The second-order valence-electron chi connectivity index (χ2n) is 13.6. The average Bonchev–Trinajstić information content (AvgIpc) is 3.58. The Kier molecular flexibility index (Phi) is 6.52. The Morgan fingerprint density at radius 2 is 1.13 bits per heavy atom. The number of para-hydroxylation sites is 3. The van der Waals surface area contributed by atoms with Crippen molar-refractivity contribution in [2.75, 3.05) is 0 Å². The molecule has 0 atom stereocenters. The molecule has 0 aliphatic rings. The van der Waals surface area contributed by atoms with Gasteiger partial charge in [0.2, 0.25) is 0 Å². The van der Waals surface area contributed by atoms with Crippen molar-refractivity contribution in [2.45, 2.75) is 0 Å². The van der Waals surface area contributed by atoms with E-state index in [4.69, 9.17) is 9.97 Å². The van der Waals surface area contributed by atoms with Crippen LogP contribution in [-0.2, 0) is 0 Å². The average molecular weight is 675 g/mol. The molecule has 0 fully saturated rings. The fourth-order valence-corrected chi connectivity index (χ4v) is 8.14. The van der Waals surface area contributed by atoms with Crippen LogP contribution >= 0.6 is 0 Å². The molecule has 0 N–H and O–H groups in total. The van der Waals surface area contributed by atoms with Gasteiger partial charge in [-0.15, -0.1) is 0 Å². The van der Waals surface area contributed by atoms with Crippen LogP contribution in [-0.4, -0.2) is 19.5 Å². The van der Waals surface area contributed by atoms with Crippen molar-refractivity contribution in [1.82, 2.24) is 19.5 Å². The van der Waals surface area contributed by atoms with Gasteiger partial charge in [0.15, 0.2) is 0 Å². The standard InChI is InChI=1S/C49H30N4/c1-2-13-37(14-3-1)53-43-18-7-5-16-39(43)46-44(53)28-26-40-45(46)38-15-4-6-17-42(38)52-47(40)36-11-8-10-35(30-36)31-19-21-32(22-20-31)41-27-25-34-24-23-33-12-9-29-50-48(33)49(34)51-41/h1-30H. The van der Waals surface area contributed by atoms with E-state index in [0.717, 1.165) is 77.4 Å². The Bertz CT molecular complexity index is 3220. The summed E-state index contributed by atoms with van der Waals surface area (Å²) < 4.78 is 2.38. The van der Waals surface area contributed by atoms with E-state index in [-0.39, 0.29) is 0 Å². The molecule has 0 radical (unpaired) electrons. The number of pyridine rings is 3. The Labute approximate surface area is 305 Å². The lowest BCUT2D eigenvalue weighted by Gasteiger charge is -2.13. The van der Waals surface area contributed by atoms with Crippen LogP contribution in [0.4, 0.5) is 0 Å². The third kappa shape index (κ3) is 4.66. The minimum Gasteiger partial charge on any atom is -0.309 e. The molecule has 0 bridgehead atoms. The van der Waals surface area contributed by atoms with Gasteiger partial charge in [-0.05, 0) is 59.7 Å². The van der Waals surface area contributed by atoms with Gasteiger partial charge in [0.1, 0.15) is 0 Å². The van der Waals surface area contributed by atoms with Crippen LogP contribution in [0.15, 0.2) is 182 Å². The van der Waals surface area contributed by atoms with Crippen LogP contribution in [0.1, 0.15) is 0 Å². The largest absolute Gasteiger partial charge is 0.309 e. The molecule has 4 heteroatoms. The van der Waals surface area contributed by atoms with Crippen LogP contribution in [0.2, 0.25) is 0 Å². The van der Waals surface area contributed by atoms with Crippen molar-refractivity contribution in [3.63, 3.8) is 0 Å². The highest BCUT2D eigenvalue weighted by Crippen LogP contribution is 2.42. The Hall–Kier alpha value is -7.17. The second kappa shape index (κ2) is 11.7. The summed E-state index contributed by atoms with van der Waals surface area (Å²) in [6.45, 7) is 0. The summed E-state index contributed by atoms with van der Waals surface area (Å²) >= 11 is 0. The molecule has 4 nitrogen and oxygen atoms in total. The molecular formula is C49H30N4. The van der Waals surface area contributed by atoms with Crippen molar-refractivity contribution < 1.29 is 0 Å². The molecule has 0 aliphatic heterocycles. The Morgan fingerprint density at radius 1 is 0.396 bits per heavy atom. The first kappa shape index (κ1) is 29.5. The van der Waals surface area contributed by atoms with E-state index in [0.29, 0.717) is 0 Å². The fourth-order valence-electron chi connectivity index (χ4n) is 8.14. The highest BCUT2D eigenvalue weighted by atomic mass is 15.0. The van der Waals surface area contributed by atoms with Gasteiger partial charge in [-0.2, -0.15) is 0 Å². The van der Waals surface area contributed by atoms with Gasteiger partial charge in [-0.1, -0.05) is 127 Å². The van der Waals surface area contributed by atoms with Crippen LogP contribution < -0.4 is 0 Å². The molecule has 7 aromatic carbocycles. The van der Waals surface area contributed by atoms with Crippen LogP contribution in [0.5, 0.6) is 0 Å². The molecule has 0 aliphatic carbocycles. The lowest BCUT2D eigenvalue weighted by atomic mass is 9.94. The minimum atomic E-state index is 0.925. The molecule has 0 saturated heterocycles. The van der Waals surface area contributed by atoms with E-state index in [1.807, 2.05) is 12.3 Å². The van der Waals surface area contributed by atoms with Crippen molar-refractivity contribution >= 4 is 65.3 Å². The first-order chi connectivity index (χ1) is 26.3. The van der Waals surface area contributed by atoms with Crippen LogP contribution in [0, 0.1) is 0 Å². The van der Waals surface area contributed by atoms with Gasteiger partial charge in [0.05, 0.1) is 39.0 Å². The number of aromatic nitrogens is 4. The van der Waals surface area contributed by atoms with Crippen molar-refractivity contribution in [3.05, 3.63) is 182 Å². The summed E-state index contributed by atoms with van der Waals surface area (Å²) in [5.41, 5.74) is 12.7. The van der Waals surface area contributed by atoms with Crippen LogP contribution in [0.25, 0.3) is 105 Å². The maximum absolute atomic E-state index is 5.34. The highest BCUT2D eigenvalue weighted by molar-refractivity contribution is 6.29. The van der Waals surface area contributed by atoms with E-state index in [9.17, 15) is 0 Å². The topological polar surface area (TPSA) is 43.6 Å². The number of hydrogen-bond donors (Lipinski definition) is 0. The monoisotopic (exact) mass is 674 g/mol. The van der Waals surface area contributed by atoms with Gasteiger partial charge < -0.3 is 4.57 Å². The zero-order valence-electron chi connectivity index (χ0n) is 28.6. The van der Waals surface area contributed by atoms with Gasteiger partial charge in [0.25, 0.3) is 0 Å². The summed E-state index contributed by atoms with van der Waals surface area (Å²) in [6.07, 6.45) is 1.83. The number of nitrogens with zero attached hydrogens (tertiary/aromatic N) is 4. The highest BCUT2D eigenvalue weighted by Gasteiger charge is 2.19. The quantitative estimate of drug-likeness (QED) is 0.175. The molecule has 0 unspecified atom stereocenters. The lowest BCUT2D eigenvalue weighted by molar-refractivity contribution is 1.18. The smallest absolute Gasteiger partial charge is 0.0972 e. The van der Waals surface area contributed by atoms with E-state index in [1.165, 1.54) is 27.2 Å². The molecule has 4 heterocycles. The number of benzene rings is 7. The van der Waals surface area contributed by atoms with Crippen molar-refractivity contribution in [3.8, 4) is 39.3 Å². The van der Waals surface area contributed by atoms with E-state index in [1.54, 1.807) is 0 Å². The fraction of sp³-hybridized carbons (Fsp3) is 0. The van der Waals surface area contributed by atoms with E-state index < -0.39 is 0 Å². The zero-order valence-corrected chi connectivity index (χ0v) is 28.6. The summed E-state index contributed by atoms with van der Waals surface area (Å²) in [4.78, 5) is 15.1. The molecule has 53 heavy (non-hydrogen) atoms. The molecule has 4 aromatic heterocycles. The second-order valence-corrected chi connectivity index (χ2v) is 13.6. The number of rotatable bonds is 4. The van der Waals surface area contributed by atoms with Gasteiger partial charge in [-0.25, -0.2) is 9.97 Å². The predicted octanol–water partition coefficient (Wildman–Crippen LogP) is 12.6. The van der Waals surface area contributed by atoms with Crippen molar-refractivity contribution in [1.29, 1.82) is 0 Å². The van der Waals surface area contributed by atoms with Crippen molar-refractivity contribution in [2.24, 2.45) is 0 Å². The normalized spacial score (nSPS) is 11.8. The predicted molar refractivity (Wildman–Crippen MR) is 220 cm³/mol. The molecule has 0 amide bonds. The molecule has 0 saturated carbocycles. The third-order valence-electron chi connectivity index (χ3n) is 10.6. The first-order valence-corrected chi connectivity index (χ1v) is 17.9. The summed E-state index contributed by atoms with van der Waals surface area (Å²) in [6, 6.07) is 62.5. The summed E-state index contributed by atoms with van der Waals surface area (Å²) in [5.74, 6) is 0. The Balaban J connectivity index is 1.06. The molecule has 246 valence electrons. The summed E-state index contributed by atoms with van der Waals surface area (Å²) in [7, 11) is 0. The third-order valence-corrected chi connectivity index (χ3v) is 10.6. The molecule has 11 rings (SSSR count). The van der Waals surface area contributed by atoms with Gasteiger partial charge in [0, 0.05) is 60.7 Å². The molecular weight excluding hydrogens is 645 g/mol. The molecule has 0 spiro atoms. The zero-order chi connectivity index (χ0) is 34.9. The SMILES string of the molecule is c1ccc(-n2c3ccccc3c3c4c(ccc32)c(-c2cccc(-c3ccc(-c5ccc6ccc7cccnc7c6n5)cc3)c2)nc2ccccc24)cc1. The van der Waals surface area contributed by atoms with Gasteiger partial charge >= 0.3 is 0 Å². The van der Waals surface area contributed by atoms with E-state index in [2.05, 4.69) is 179 Å². The molecule has 11 aromatic rings. The number of hydrogen-bond acceptors (Lipinski definition) is 3. The number of fused-ring (bicyclic) bond motifs is 10. The lowest BCUT2D eigenvalue weighted by Crippen LogP contribution is -1.94. The minimum absolute atomic E-state index is 0.925. The maximum atomic E-state index is 5.34. The maximum Gasteiger partial charge on any atom is 0.0972 e. The van der Waals surface area contributed by atoms with E-state index >= 15 is 0 Å².